The highest BCUT2D eigenvalue weighted by Gasteiger charge is 2.45. The third-order valence-electron chi connectivity index (χ3n) is 8.79. The van der Waals surface area contributed by atoms with Gasteiger partial charge in [-0.15, -0.1) is 0 Å². The minimum absolute atomic E-state index is 0.0719. The van der Waals surface area contributed by atoms with E-state index in [0.717, 1.165) is 6.20 Å². The molecule has 0 unspecified atom stereocenters. The van der Waals surface area contributed by atoms with Crippen LogP contribution >= 0.6 is 0 Å². The van der Waals surface area contributed by atoms with E-state index in [0.29, 0.717) is 60.8 Å². The molecule has 0 atom stereocenters. The van der Waals surface area contributed by atoms with Gasteiger partial charge >= 0.3 is 0 Å². The van der Waals surface area contributed by atoms with Crippen LogP contribution in [0.15, 0.2) is 48.8 Å². The maximum absolute atomic E-state index is 16.5. The number of methoxy groups -OCH3 is 2. The zero-order valence-corrected chi connectivity index (χ0v) is 26.8. The van der Waals surface area contributed by atoms with Crippen LogP contribution in [0.4, 0.5) is 14.6 Å². The highest BCUT2D eigenvalue weighted by molar-refractivity contribution is 5.97. The molecule has 4 aromatic rings. The number of fused-ring (bicyclic) bond motifs is 3. The largest absolute Gasteiger partial charge is 0.497 e. The molecule has 1 aliphatic carbocycles. The van der Waals surface area contributed by atoms with Crippen molar-refractivity contribution in [2.75, 3.05) is 39.2 Å². The smallest absolute Gasteiger partial charge is 0.256 e. The first-order valence-electron chi connectivity index (χ1n) is 18.1. The second kappa shape index (κ2) is 14.1. The molecule has 3 aromatic heterocycles. The second-order valence-electron chi connectivity index (χ2n) is 11.7. The summed E-state index contributed by atoms with van der Waals surface area (Å²) in [4.78, 5) is 32.1. The number of carbonyl (C=O) groups is 1. The molecule has 0 spiro atoms. The van der Waals surface area contributed by atoms with Crippen molar-refractivity contribution in [3.8, 4) is 40.0 Å². The van der Waals surface area contributed by atoms with Gasteiger partial charge in [0.1, 0.15) is 22.9 Å². The molecule has 3 fully saturated rings. The summed E-state index contributed by atoms with van der Waals surface area (Å²) in [5.41, 5.74) is -0.963. The van der Waals surface area contributed by atoms with Crippen LogP contribution in [-0.4, -0.2) is 76.2 Å². The topological polar surface area (TPSA) is 124 Å². The molecular formula is C35H39F2N7O4. The lowest BCUT2D eigenvalue weighted by Gasteiger charge is -2.53. The summed E-state index contributed by atoms with van der Waals surface area (Å²) in [5.74, 6) is -1.76. The molecule has 0 radical (unpaired) electrons. The molecule has 2 saturated heterocycles. The fourth-order valence-corrected chi connectivity index (χ4v) is 6.24. The molecular weight excluding hydrogens is 620 g/mol. The van der Waals surface area contributed by atoms with Gasteiger partial charge in [0.25, 0.3) is 11.9 Å². The Balaban J connectivity index is 1.33. The van der Waals surface area contributed by atoms with E-state index in [1.54, 1.807) is 37.3 Å². The number of benzene rings is 1. The van der Waals surface area contributed by atoms with Crippen LogP contribution in [0.1, 0.15) is 62.2 Å². The predicted octanol–water partition coefficient (Wildman–Crippen LogP) is 5.65. The lowest BCUT2D eigenvalue weighted by Crippen LogP contribution is -2.65. The van der Waals surface area contributed by atoms with Crippen molar-refractivity contribution in [3.05, 3.63) is 71.7 Å². The minimum atomic E-state index is -2.92. The van der Waals surface area contributed by atoms with Gasteiger partial charge < -0.3 is 24.8 Å². The number of ether oxygens (including phenoxy) is 3. The van der Waals surface area contributed by atoms with Crippen molar-refractivity contribution < 1.29 is 34.6 Å². The minimum Gasteiger partial charge on any atom is -0.497 e. The number of amides is 1. The third-order valence-corrected chi connectivity index (χ3v) is 8.79. The van der Waals surface area contributed by atoms with Gasteiger partial charge in [-0.1, -0.05) is 6.85 Å². The zero-order chi connectivity index (χ0) is 38.1. The lowest BCUT2D eigenvalue weighted by atomic mass is 9.73. The highest BCUT2D eigenvalue weighted by Crippen LogP contribution is 2.39. The molecule has 2 aliphatic heterocycles. The second-order valence-corrected chi connectivity index (χ2v) is 11.7. The Hall–Kier alpha value is -4.91. The Bertz CT molecular complexity index is 1980. The van der Waals surface area contributed by atoms with Crippen molar-refractivity contribution in [3.63, 3.8) is 0 Å². The molecule has 13 heteroatoms. The van der Waals surface area contributed by atoms with Gasteiger partial charge in [0.05, 0.1) is 43.8 Å². The number of aromatic nitrogens is 4. The van der Waals surface area contributed by atoms with Crippen molar-refractivity contribution in [2.24, 2.45) is 0 Å². The van der Waals surface area contributed by atoms with Crippen LogP contribution < -0.4 is 24.8 Å². The predicted molar refractivity (Wildman–Crippen MR) is 176 cm³/mol. The average Bonchev–Trinajstić information content (AvgIpc) is 3.14. The number of halogens is 2. The Kier molecular flexibility index (Phi) is 7.93. The first kappa shape index (κ1) is 27.1. The summed E-state index contributed by atoms with van der Waals surface area (Å²) in [7, 11) is 3.02. The van der Waals surface area contributed by atoms with E-state index in [1.807, 2.05) is 0 Å². The van der Waals surface area contributed by atoms with Crippen molar-refractivity contribution in [2.45, 2.75) is 57.6 Å². The van der Waals surface area contributed by atoms with Crippen molar-refractivity contribution in [1.82, 2.24) is 30.2 Å². The number of hydrogen-bond acceptors (Lipinski definition) is 10. The van der Waals surface area contributed by atoms with Gasteiger partial charge in [0, 0.05) is 55.4 Å². The van der Waals surface area contributed by atoms with Crippen LogP contribution in [0, 0.1) is 11.8 Å². The van der Waals surface area contributed by atoms with Crippen LogP contribution in [0.3, 0.4) is 0 Å². The molecule has 2 N–H and O–H groups in total. The molecule has 5 heterocycles. The van der Waals surface area contributed by atoms with Gasteiger partial charge in [-0.2, -0.15) is 4.39 Å². The Morgan fingerprint density at radius 3 is 2.60 bits per heavy atom. The zero-order valence-electron chi connectivity index (χ0n) is 31.8. The Morgan fingerprint density at radius 1 is 1.08 bits per heavy atom. The van der Waals surface area contributed by atoms with Gasteiger partial charge in [-0.25, -0.2) is 24.3 Å². The molecule has 11 nitrogen and oxygen atoms in total. The third kappa shape index (κ3) is 6.73. The van der Waals surface area contributed by atoms with Crippen LogP contribution in [0.5, 0.6) is 17.4 Å². The van der Waals surface area contributed by atoms with Gasteiger partial charge in [0.2, 0.25) is 5.88 Å². The molecule has 7 rings (SSSR count). The lowest BCUT2D eigenvalue weighted by molar-refractivity contribution is 0.0140. The van der Waals surface area contributed by atoms with E-state index in [1.165, 1.54) is 31.4 Å². The van der Waals surface area contributed by atoms with E-state index >= 15 is 8.78 Å². The first-order chi connectivity index (χ1) is 25.2. The summed E-state index contributed by atoms with van der Waals surface area (Å²) in [6.07, 6.45) is 4.37. The van der Waals surface area contributed by atoms with Crippen molar-refractivity contribution >= 4 is 11.7 Å². The SMILES string of the molecule is [2H]C([2H])([2H])C([2H])([2H])N1CC2(NC(=O)c3cc(-c4ccc(OCC)nc4)nc(-c4cnc(NCc5ccc(OC)cc5OC)c(F)n4)c3F)CCC1CC2. The summed E-state index contributed by atoms with van der Waals surface area (Å²) >= 11 is 0. The average molecular weight is 665 g/mol. The summed E-state index contributed by atoms with van der Waals surface area (Å²) in [6.45, 7) is -3.33. The number of rotatable bonds is 12. The van der Waals surface area contributed by atoms with E-state index in [4.69, 9.17) is 21.1 Å². The van der Waals surface area contributed by atoms with Crippen LogP contribution in [0.25, 0.3) is 22.6 Å². The van der Waals surface area contributed by atoms with Gasteiger partial charge in [0.15, 0.2) is 11.6 Å². The molecule has 3 aliphatic rings. The monoisotopic (exact) mass is 664 g/mol. The fraction of sp³-hybridized carbons (Fsp3) is 0.400. The summed E-state index contributed by atoms with van der Waals surface area (Å²) in [6, 6.07) is 9.32. The number of hydrogen-bond donors (Lipinski definition) is 2. The maximum atomic E-state index is 16.5. The Morgan fingerprint density at radius 2 is 1.92 bits per heavy atom. The van der Waals surface area contributed by atoms with E-state index in [9.17, 15) is 4.79 Å². The maximum Gasteiger partial charge on any atom is 0.256 e. The number of anilines is 1. The summed E-state index contributed by atoms with van der Waals surface area (Å²) in [5, 5.41) is 5.78. The molecule has 1 aromatic carbocycles. The molecule has 48 heavy (non-hydrogen) atoms. The number of piperidine rings is 2. The van der Waals surface area contributed by atoms with Crippen molar-refractivity contribution in [1.29, 1.82) is 0 Å². The molecule has 2 bridgehead atoms. The summed E-state index contributed by atoms with van der Waals surface area (Å²) < 4.78 is 88.2. The Labute approximate surface area is 285 Å². The van der Waals surface area contributed by atoms with E-state index < -0.39 is 47.8 Å². The molecule has 1 saturated carbocycles. The number of nitrogens with one attached hydrogen (secondary N) is 2. The molecule has 252 valence electrons. The standard InChI is InChI=1S/C35H39F2N7O4/c1-5-44-20-35(13-11-23(44)12-14-35)43-34(45)25-16-26(21-8-10-29(38-17-21)48-6-2)41-31(30(25)36)27-19-40-33(32(37)42-27)39-18-22-7-9-24(46-3)15-28(22)47-4/h7-10,15-17,19,23H,5-6,11-14,18,20H2,1-4H3,(H,39,40)(H,43,45)/i1D3,5D2. The first-order valence-corrected chi connectivity index (χ1v) is 15.6. The van der Waals surface area contributed by atoms with E-state index in [2.05, 4.69) is 30.6 Å². The normalized spacial score (nSPS) is 20.9. The number of carbonyl (C=O) groups excluding carboxylic acids is 1. The number of likely N-dealkylation sites (N-methyl/N-ethyl adjacent to an activating group) is 1. The number of pyridine rings is 2. The number of nitrogens with zero attached hydrogens (tertiary/aromatic N) is 5. The van der Waals surface area contributed by atoms with E-state index in [-0.39, 0.29) is 36.3 Å². The van der Waals surface area contributed by atoms with Gasteiger partial charge in [-0.05, 0) is 63.4 Å². The van der Waals surface area contributed by atoms with Crippen LogP contribution in [-0.2, 0) is 6.54 Å². The van der Waals surface area contributed by atoms with Crippen LogP contribution in [0.2, 0.25) is 0 Å². The highest BCUT2D eigenvalue weighted by atomic mass is 19.1. The van der Waals surface area contributed by atoms with Gasteiger partial charge in [-0.3, -0.25) is 9.69 Å². The quantitative estimate of drug-likeness (QED) is 0.196. The fourth-order valence-electron chi connectivity index (χ4n) is 6.24. The molecule has 1 amide bonds.